The number of rotatable bonds is 5. The molecule has 226 valence electrons. The number of hydrogen-bond acceptors (Lipinski definition) is 5. The Bertz CT molecular complexity index is 1960. The van der Waals surface area contributed by atoms with Gasteiger partial charge in [0.25, 0.3) is 0 Å². The third-order valence-corrected chi connectivity index (χ3v) is 9.34. The highest BCUT2D eigenvalue weighted by Gasteiger charge is 2.26. The summed E-state index contributed by atoms with van der Waals surface area (Å²) in [7, 11) is 0. The normalized spacial score (nSPS) is 12.7. The van der Waals surface area contributed by atoms with E-state index in [0.29, 0.717) is 17.7 Å². The summed E-state index contributed by atoms with van der Waals surface area (Å²) >= 11 is 1.89. The summed E-state index contributed by atoms with van der Waals surface area (Å²) in [4.78, 5) is 19.8. The minimum Gasteiger partial charge on any atom is -0.298 e. The zero-order valence-corrected chi connectivity index (χ0v) is 28.5. The molecule has 6 rings (SSSR count). The highest BCUT2D eigenvalue weighted by Crippen LogP contribution is 2.45. The van der Waals surface area contributed by atoms with Crippen molar-refractivity contribution in [3.05, 3.63) is 89.8 Å². The van der Waals surface area contributed by atoms with Crippen molar-refractivity contribution in [2.75, 3.05) is 0 Å². The lowest BCUT2D eigenvalue weighted by molar-refractivity contribution is 0.497. The molecule has 0 spiro atoms. The second kappa shape index (κ2) is 10.9. The smallest absolute Gasteiger partial charge is 0.163 e. The van der Waals surface area contributed by atoms with Crippen molar-refractivity contribution in [1.29, 1.82) is 0 Å². The molecule has 0 aliphatic carbocycles. The number of benzene rings is 3. The van der Waals surface area contributed by atoms with Gasteiger partial charge < -0.3 is 0 Å². The summed E-state index contributed by atoms with van der Waals surface area (Å²) in [5, 5.41) is 2.69. The van der Waals surface area contributed by atoms with E-state index < -0.39 is 0 Å². The van der Waals surface area contributed by atoms with Crippen molar-refractivity contribution in [3.8, 4) is 28.5 Å². The van der Waals surface area contributed by atoms with E-state index in [-0.39, 0.29) is 10.8 Å². The van der Waals surface area contributed by atoms with E-state index in [1.165, 1.54) is 37.0 Å². The third kappa shape index (κ3) is 5.34. The van der Waals surface area contributed by atoms with E-state index in [4.69, 9.17) is 19.9 Å². The van der Waals surface area contributed by atoms with Crippen LogP contribution >= 0.6 is 11.3 Å². The van der Waals surface area contributed by atoms with Gasteiger partial charge in [0, 0.05) is 49.8 Å². The molecule has 3 aromatic carbocycles. The van der Waals surface area contributed by atoms with Crippen LogP contribution in [0.5, 0.6) is 0 Å². The molecule has 0 unspecified atom stereocenters. The molecule has 6 aromatic rings. The zero-order chi connectivity index (χ0) is 31.6. The van der Waals surface area contributed by atoms with Crippen LogP contribution in [-0.4, -0.2) is 24.5 Å². The predicted octanol–water partition coefficient (Wildman–Crippen LogP) is 10.6. The third-order valence-electron chi connectivity index (χ3n) is 8.17. The van der Waals surface area contributed by atoms with Gasteiger partial charge in [0.1, 0.15) is 17.5 Å². The molecule has 0 saturated heterocycles. The fourth-order valence-corrected chi connectivity index (χ4v) is 7.04. The Hall–Kier alpha value is -3.90. The quantitative estimate of drug-likeness (QED) is 0.197. The molecular weight excluding hydrogens is 559 g/mol. The summed E-state index contributed by atoms with van der Waals surface area (Å²) in [5.41, 5.74) is 5.57. The van der Waals surface area contributed by atoms with E-state index in [9.17, 15) is 0 Å². The number of hydrogen-bond donors (Lipinski definition) is 0. The number of imidazole rings is 1. The Labute approximate surface area is 265 Å². The zero-order valence-electron chi connectivity index (χ0n) is 27.6. The van der Waals surface area contributed by atoms with E-state index in [1.807, 2.05) is 17.5 Å². The van der Waals surface area contributed by atoms with Crippen LogP contribution in [0.15, 0.2) is 67.0 Å². The fourth-order valence-electron chi connectivity index (χ4n) is 5.75. The molecule has 0 aliphatic heterocycles. The molecule has 0 aliphatic rings. The topological polar surface area (TPSA) is 56.5 Å². The molecule has 0 amide bonds. The Morgan fingerprint density at radius 1 is 0.705 bits per heavy atom. The highest BCUT2D eigenvalue weighted by atomic mass is 32.1. The minimum absolute atomic E-state index is 0.198. The molecule has 0 N–H and O–H groups in total. The Balaban J connectivity index is 1.58. The number of aromatic nitrogens is 5. The van der Waals surface area contributed by atoms with Gasteiger partial charge in [-0.3, -0.25) is 4.57 Å². The molecule has 0 saturated carbocycles. The lowest BCUT2D eigenvalue weighted by Gasteiger charge is -2.23. The minimum atomic E-state index is -0.198. The van der Waals surface area contributed by atoms with E-state index in [0.717, 1.165) is 28.6 Å². The largest absolute Gasteiger partial charge is 0.298 e. The number of fused-ring (bicyclic) bond motifs is 3. The molecule has 6 heteroatoms. The highest BCUT2D eigenvalue weighted by molar-refractivity contribution is 7.26. The van der Waals surface area contributed by atoms with E-state index in [2.05, 4.69) is 135 Å². The molecule has 5 nitrogen and oxygen atoms in total. The average Bonchev–Trinajstić information content (AvgIpc) is 3.60. The first-order chi connectivity index (χ1) is 20.7. The first kappa shape index (κ1) is 30.1. The van der Waals surface area contributed by atoms with Gasteiger partial charge in [-0.05, 0) is 35.1 Å². The monoisotopic (exact) mass is 601 g/mol. The van der Waals surface area contributed by atoms with Gasteiger partial charge in [-0.1, -0.05) is 112 Å². The lowest BCUT2D eigenvalue weighted by Crippen LogP contribution is -2.24. The predicted molar refractivity (Wildman–Crippen MR) is 186 cm³/mol. The fraction of sp³-hybridized carbons (Fsp3) is 0.368. The van der Waals surface area contributed by atoms with Crippen molar-refractivity contribution in [2.24, 2.45) is 0 Å². The molecule has 0 radical (unpaired) electrons. The van der Waals surface area contributed by atoms with Crippen LogP contribution in [0.1, 0.15) is 104 Å². The van der Waals surface area contributed by atoms with Crippen LogP contribution in [-0.2, 0) is 10.8 Å². The van der Waals surface area contributed by atoms with Crippen LogP contribution in [0.4, 0.5) is 0 Å². The SMILES string of the molecule is CC(C)c1cc(C(C)C)c2c(sc3ccccc32)c1-n1ccnc1-c1cccc(-c2nc(C(C)(C)C)nc(C(C)(C)C)n2)c1. The average molecular weight is 602 g/mol. The van der Waals surface area contributed by atoms with Gasteiger partial charge in [0.15, 0.2) is 5.82 Å². The maximum atomic E-state index is 4.97. The summed E-state index contributed by atoms with van der Waals surface area (Å²) < 4.78 is 4.93. The summed E-state index contributed by atoms with van der Waals surface area (Å²) in [6.07, 6.45) is 4.03. The molecule has 44 heavy (non-hydrogen) atoms. The molecule has 0 bridgehead atoms. The molecule has 3 heterocycles. The standard InChI is InChI=1S/C38H43N5S/c1-22(2)27-21-28(23(3)4)31(32-30(27)26-16-11-12-17-29(26)44-32)43-19-18-39-34(43)25-15-13-14-24(20-25)33-40-35(37(5,6)7)42-36(41-33)38(8,9)10/h11-23H,1-10H3. The summed E-state index contributed by atoms with van der Waals surface area (Å²) in [5.74, 6) is 3.97. The van der Waals surface area contributed by atoms with Crippen molar-refractivity contribution >= 4 is 31.5 Å². The van der Waals surface area contributed by atoms with Crippen LogP contribution < -0.4 is 0 Å². The Morgan fingerprint density at radius 3 is 1.98 bits per heavy atom. The maximum absolute atomic E-state index is 4.97. The molecule has 0 fully saturated rings. The summed E-state index contributed by atoms with van der Waals surface area (Å²) in [6, 6.07) is 19.7. The first-order valence-corrected chi connectivity index (χ1v) is 16.4. The van der Waals surface area contributed by atoms with E-state index in [1.54, 1.807) is 0 Å². The van der Waals surface area contributed by atoms with Crippen LogP contribution in [0.25, 0.3) is 48.6 Å². The molecule has 3 aromatic heterocycles. The van der Waals surface area contributed by atoms with Gasteiger partial charge in [-0.25, -0.2) is 19.9 Å². The molecule has 0 atom stereocenters. The van der Waals surface area contributed by atoms with Crippen molar-refractivity contribution in [1.82, 2.24) is 24.5 Å². The lowest BCUT2D eigenvalue weighted by atomic mass is 9.90. The first-order valence-electron chi connectivity index (χ1n) is 15.6. The van der Waals surface area contributed by atoms with Crippen molar-refractivity contribution in [3.63, 3.8) is 0 Å². The second-order valence-corrected chi connectivity index (χ2v) is 15.6. The summed E-state index contributed by atoms with van der Waals surface area (Å²) in [6.45, 7) is 22.1. The van der Waals surface area contributed by atoms with Gasteiger partial charge in [-0.15, -0.1) is 11.3 Å². The Kier molecular flexibility index (Phi) is 7.48. The second-order valence-electron chi connectivity index (χ2n) is 14.5. The van der Waals surface area contributed by atoms with Crippen molar-refractivity contribution in [2.45, 2.75) is 91.9 Å². The van der Waals surface area contributed by atoms with Crippen molar-refractivity contribution < 1.29 is 0 Å². The van der Waals surface area contributed by atoms with Crippen LogP contribution in [0, 0.1) is 0 Å². The van der Waals surface area contributed by atoms with E-state index >= 15 is 0 Å². The van der Waals surface area contributed by atoms with Gasteiger partial charge >= 0.3 is 0 Å². The maximum Gasteiger partial charge on any atom is 0.163 e. The number of nitrogens with zero attached hydrogens (tertiary/aromatic N) is 5. The Morgan fingerprint density at radius 2 is 1.34 bits per heavy atom. The van der Waals surface area contributed by atoms with Gasteiger partial charge in [0.2, 0.25) is 0 Å². The van der Waals surface area contributed by atoms with Gasteiger partial charge in [-0.2, -0.15) is 0 Å². The number of thiophene rings is 1. The molecular formula is C38H43N5S. The van der Waals surface area contributed by atoms with Crippen LogP contribution in [0.3, 0.4) is 0 Å². The van der Waals surface area contributed by atoms with Crippen LogP contribution in [0.2, 0.25) is 0 Å². The van der Waals surface area contributed by atoms with Gasteiger partial charge in [0.05, 0.1) is 10.4 Å².